The molecule has 9 heteroatoms. The van der Waals surface area contributed by atoms with E-state index in [4.69, 9.17) is 11.6 Å². The summed E-state index contributed by atoms with van der Waals surface area (Å²) in [4.78, 5) is 40.4. The maximum atomic E-state index is 13.5. The van der Waals surface area contributed by atoms with Gasteiger partial charge in [0.1, 0.15) is 16.8 Å². The van der Waals surface area contributed by atoms with Gasteiger partial charge in [-0.05, 0) is 77.9 Å². The highest BCUT2D eigenvalue weighted by atomic mass is 35.5. The van der Waals surface area contributed by atoms with E-state index in [-0.39, 0.29) is 11.6 Å². The van der Waals surface area contributed by atoms with Crippen molar-refractivity contribution in [3.05, 3.63) is 167 Å². The van der Waals surface area contributed by atoms with Crippen LogP contribution >= 0.6 is 23.4 Å². The second kappa shape index (κ2) is 15.0. The third kappa shape index (κ3) is 8.69. The van der Waals surface area contributed by atoms with Crippen LogP contribution in [-0.2, 0) is 9.59 Å². The lowest BCUT2D eigenvalue weighted by Crippen LogP contribution is -2.30. The first kappa shape index (κ1) is 31.3. The molecule has 0 heterocycles. The summed E-state index contributed by atoms with van der Waals surface area (Å²) in [5.41, 5.74) is 2.70. The Bertz CT molecular complexity index is 1820. The summed E-state index contributed by atoms with van der Waals surface area (Å²) in [5, 5.41) is 8.25. The normalized spacial score (nSPS) is 11.7. The molecule has 0 aliphatic rings. The fourth-order valence-electron chi connectivity index (χ4n) is 4.28. The molecule has 224 valence electrons. The quantitative estimate of drug-likeness (QED) is 0.106. The van der Waals surface area contributed by atoms with Gasteiger partial charge in [0, 0.05) is 16.1 Å². The molecule has 0 aromatic heterocycles. The average Bonchev–Trinajstić information content (AvgIpc) is 3.06. The van der Waals surface area contributed by atoms with Gasteiger partial charge in [-0.2, -0.15) is 0 Å². The molecule has 5 aromatic rings. The predicted molar refractivity (Wildman–Crippen MR) is 178 cm³/mol. The van der Waals surface area contributed by atoms with Crippen molar-refractivity contribution < 1.29 is 18.8 Å². The van der Waals surface area contributed by atoms with E-state index in [0.717, 1.165) is 10.5 Å². The van der Waals surface area contributed by atoms with Crippen LogP contribution in [0.1, 0.15) is 26.7 Å². The molecular weight excluding hydrogens is 609 g/mol. The Morgan fingerprint density at radius 3 is 2.00 bits per heavy atom. The monoisotopic (exact) mass is 635 g/mol. The molecule has 0 aliphatic carbocycles. The van der Waals surface area contributed by atoms with Crippen molar-refractivity contribution in [2.45, 2.75) is 10.1 Å². The lowest BCUT2D eigenvalue weighted by Gasteiger charge is -2.18. The van der Waals surface area contributed by atoms with Crippen LogP contribution < -0.4 is 16.0 Å². The van der Waals surface area contributed by atoms with Gasteiger partial charge in [-0.3, -0.25) is 14.4 Å². The highest BCUT2D eigenvalue weighted by Gasteiger charge is 2.23. The van der Waals surface area contributed by atoms with Crippen molar-refractivity contribution in [3.63, 3.8) is 0 Å². The third-order valence-corrected chi connectivity index (χ3v) is 8.14. The largest absolute Gasteiger partial charge is 0.323 e. The number of carbonyl (C=O) groups is 3. The minimum atomic E-state index is -0.582. The van der Waals surface area contributed by atoms with Gasteiger partial charge in [-0.1, -0.05) is 84.4 Å². The van der Waals surface area contributed by atoms with Gasteiger partial charge in [-0.15, -0.1) is 11.8 Å². The van der Waals surface area contributed by atoms with Crippen LogP contribution in [0.15, 0.2) is 144 Å². The van der Waals surface area contributed by atoms with Crippen molar-refractivity contribution >= 4 is 58.5 Å². The molecule has 3 amide bonds. The van der Waals surface area contributed by atoms with Crippen LogP contribution in [-0.4, -0.2) is 17.7 Å². The first-order chi connectivity index (χ1) is 21.9. The zero-order valence-corrected chi connectivity index (χ0v) is 25.3. The van der Waals surface area contributed by atoms with E-state index in [1.807, 2.05) is 30.3 Å². The van der Waals surface area contributed by atoms with Crippen LogP contribution in [0.4, 0.5) is 15.8 Å². The summed E-state index contributed by atoms with van der Waals surface area (Å²) in [6.07, 6.45) is 1.47. The van der Waals surface area contributed by atoms with Gasteiger partial charge >= 0.3 is 0 Å². The number of benzene rings is 5. The zero-order chi connectivity index (χ0) is 31.6. The highest BCUT2D eigenvalue weighted by molar-refractivity contribution is 8.00. The number of nitrogens with one attached hydrogen (secondary N) is 3. The lowest BCUT2D eigenvalue weighted by atomic mass is 10.1. The van der Waals surface area contributed by atoms with Crippen LogP contribution in [0.2, 0.25) is 5.02 Å². The Kier molecular flexibility index (Phi) is 10.4. The Balaban J connectivity index is 1.32. The number of para-hydroxylation sites is 1. The average molecular weight is 636 g/mol. The Morgan fingerprint density at radius 2 is 1.33 bits per heavy atom. The molecule has 0 radical (unpaired) electrons. The molecule has 45 heavy (non-hydrogen) atoms. The van der Waals surface area contributed by atoms with Gasteiger partial charge in [0.25, 0.3) is 11.8 Å². The molecule has 6 nitrogen and oxygen atoms in total. The minimum Gasteiger partial charge on any atom is -0.323 e. The molecule has 0 bridgehead atoms. The Hall–Kier alpha value is -5.18. The van der Waals surface area contributed by atoms with Gasteiger partial charge in [-0.25, -0.2) is 4.39 Å². The number of anilines is 2. The molecule has 0 saturated heterocycles. The van der Waals surface area contributed by atoms with Crippen molar-refractivity contribution in [2.75, 3.05) is 10.6 Å². The summed E-state index contributed by atoms with van der Waals surface area (Å²) < 4.78 is 13.5. The Labute approximate surface area is 269 Å². The second-order valence-electron chi connectivity index (χ2n) is 9.79. The SMILES string of the molecule is O=C(Nc1ccc(SC(C(=O)Nc2ccccc2Cl)c2ccccc2)cc1)/C(=C/c1ccc(F)cc1)NC(=O)c1ccccc1. The predicted octanol–water partition coefficient (Wildman–Crippen LogP) is 8.36. The summed E-state index contributed by atoms with van der Waals surface area (Å²) in [6.45, 7) is 0. The summed E-state index contributed by atoms with van der Waals surface area (Å²) in [7, 11) is 0. The second-order valence-corrected chi connectivity index (χ2v) is 11.4. The molecule has 5 rings (SSSR count). The number of amides is 3. The fraction of sp³-hybridized carbons (Fsp3) is 0.0278. The van der Waals surface area contributed by atoms with Crippen molar-refractivity contribution in [1.82, 2.24) is 5.32 Å². The first-order valence-electron chi connectivity index (χ1n) is 13.9. The molecule has 0 aliphatic heterocycles. The van der Waals surface area contributed by atoms with Gasteiger partial charge < -0.3 is 16.0 Å². The maximum absolute atomic E-state index is 13.5. The van der Waals surface area contributed by atoms with E-state index >= 15 is 0 Å². The van der Waals surface area contributed by atoms with E-state index in [0.29, 0.717) is 27.5 Å². The topological polar surface area (TPSA) is 87.3 Å². The number of halogens is 2. The minimum absolute atomic E-state index is 0.0192. The third-order valence-electron chi connectivity index (χ3n) is 6.55. The molecule has 3 N–H and O–H groups in total. The van der Waals surface area contributed by atoms with E-state index < -0.39 is 22.9 Å². The smallest absolute Gasteiger partial charge is 0.272 e. The van der Waals surface area contributed by atoms with Crippen LogP contribution in [0, 0.1) is 5.82 Å². The summed E-state index contributed by atoms with van der Waals surface area (Å²) in [6, 6.07) is 37.5. The van der Waals surface area contributed by atoms with E-state index in [1.54, 1.807) is 78.9 Å². The molecule has 5 aromatic carbocycles. The first-order valence-corrected chi connectivity index (χ1v) is 15.1. The number of thioether (sulfide) groups is 1. The van der Waals surface area contributed by atoms with Gasteiger partial charge in [0.05, 0.1) is 10.7 Å². The molecular formula is C36H27ClFN3O3S. The fourth-order valence-corrected chi connectivity index (χ4v) is 5.49. The lowest BCUT2D eigenvalue weighted by molar-refractivity contribution is -0.116. The van der Waals surface area contributed by atoms with Gasteiger partial charge in [0.2, 0.25) is 5.91 Å². The van der Waals surface area contributed by atoms with Crippen molar-refractivity contribution in [1.29, 1.82) is 0 Å². The molecule has 0 fully saturated rings. The molecule has 1 unspecified atom stereocenters. The molecule has 0 saturated carbocycles. The van der Waals surface area contributed by atoms with Crippen molar-refractivity contribution in [2.24, 2.45) is 0 Å². The number of hydrogen-bond acceptors (Lipinski definition) is 4. The zero-order valence-electron chi connectivity index (χ0n) is 23.7. The molecule has 0 spiro atoms. The number of carbonyl (C=O) groups excluding carboxylic acids is 3. The molecule has 1 atom stereocenters. The van der Waals surface area contributed by atoms with Crippen molar-refractivity contribution in [3.8, 4) is 0 Å². The summed E-state index contributed by atoms with van der Waals surface area (Å²) in [5.74, 6) is -1.68. The van der Waals surface area contributed by atoms with E-state index in [1.165, 1.54) is 42.1 Å². The van der Waals surface area contributed by atoms with E-state index in [2.05, 4.69) is 16.0 Å². The van der Waals surface area contributed by atoms with Crippen LogP contribution in [0.5, 0.6) is 0 Å². The van der Waals surface area contributed by atoms with Crippen LogP contribution in [0.3, 0.4) is 0 Å². The maximum Gasteiger partial charge on any atom is 0.272 e. The van der Waals surface area contributed by atoms with E-state index in [9.17, 15) is 18.8 Å². The standard InChI is InChI=1S/C36H27ClFN3O3S/c37-30-13-7-8-14-31(30)40-36(44)33(25-9-3-1-4-10-25)45-29-21-19-28(20-22-29)39-35(43)32(23-24-15-17-27(38)18-16-24)41-34(42)26-11-5-2-6-12-26/h1-23,33H,(H,39,43)(H,40,44)(H,41,42)/b32-23-. The van der Waals surface area contributed by atoms with Crippen LogP contribution in [0.25, 0.3) is 6.08 Å². The number of rotatable bonds is 10. The number of hydrogen-bond donors (Lipinski definition) is 3. The van der Waals surface area contributed by atoms with Gasteiger partial charge in [0.15, 0.2) is 0 Å². The Morgan fingerprint density at radius 1 is 0.711 bits per heavy atom. The highest BCUT2D eigenvalue weighted by Crippen LogP contribution is 2.37. The summed E-state index contributed by atoms with van der Waals surface area (Å²) >= 11 is 7.62.